The highest BCUT2D eigenvalue weighted by Gasteiger charge is 2.46. The Morgan fingerprint density at radius 1 is 1.46 bits per heavy atom. The number of carbonyl (C=O) groups excluding carboxylic acids is 3. The summed E-state index contributed by atoms with van der Waals surface area (Å²) in [5.74, 6) is -0.335. The number of rotatable bonds is 4. The minimum absolute atomic E-state index is 0.00537. The van der Waals surface area contributed by atoms with Crippen LogP contribution in [0.3, 0.4) is 0 Å². The summed E-state index contributed by atoms with van der Waals surface area (Å²) in [6.07, 6.45) is 2.39. The molecule has 3 rings (SSSR count). The van der Waals surface area contributed by atoms with Crippen LogP contribution in [-0.4, -0.2) is 58.4 Å². The maximum atomic E-state index is 12.6. The van der Waals surface area contributed by atoms with Crippen molar-refractivity contribution in [1.82, 2.24) is 15.5 Å². The first-order valence-corrected chi connectivity index (χ1v) is 9.23. The van der Waals surface area contributed by atoms with E-state index in [1.165, 1.54) is 0 Å². The maximum Gasteiger partial charge on any atom is 0.244 e. The molecule has 3 aliphatic heterocycles. The zero-order chi connectivity index (χ0) is 17.3. The molecule has 0 aliphatic carbocycles. The number of piperidine rings is 1. The molecule has 5 atom stereocenters. The minimum Gasteiger partial charge on any atom is -0.356 e. The number of hydrogen-bond donors (Lipinski definition) is 3. The van der Waals surface area contributed by atoms with Crippen LogP contribution in [0.5, 0.6) is 0 Å². The predicted octanol–water partition coefficient (Wildman–Crippen LogP) is -1.09. The predicted molar refractivity (Wildman–Crippen MR) is 87.4 cm³/mol. The van der Waals surface area contributed by atoms with E-state index in [4.69, 9.17) is 5.73 Å². The summed E-state index contributed by atoms with van der Waals surface area (Å²) in [5.41, 5.74) is 5.82. The average molecular weight is 351 g/mol. The molecular formula is C15H21N5O3S. The lowest BCUT2D eigenvalue weighted by atomic mass is 9.98. The van der Waals surface area contributed by atoms with Crippen LogP contribution in [0.1, 0.15) is 25.7 Å². The van der Waals surface area contributed by atoms with Gasteiger partial charge in [0.05, 0.1) is 17.5 Å². The third kappa shape index (κ3) is 3.21. The van der Waals surface area contributed by atoms with E-state index in [-0.39, 0.29) is 29.0 Å². The Kier molecular flexibility index (Phi) is 4.96. The normalized spacial score (nSPS) is 33.6. The summed E-state index contributed by atoms with van der Waals surface area (Å²) in [4.78, 5) is 38.1. The third-order valence-corrected chi connectivity index (χ3v) is 6.20. The maximum absolute atomic E-state index is 12.6. The van der Waals surface area contributed by atoms with Gasteiger partial charge >= 0.3 is 0 Å². The van der Waals surface area contributed by atoms with Crippen LogP contribution < -0.4 is 16.4 Å². The van der Waals surface area contributed by atoms with E-state index in [9.17, 15) is 19.6 Å². The summed E-state index contributed by atoms with van der Waals surface area (Å²) in [6, 6.07) is 0.174. The fourth-order valence-corrected chi connectivity index (χ4v) is 4.92. The molecule has 0 radical (unpaired) electrons. The van der Waals surface area contributed by atoms with E-state index >= 15 is 0 Å². The first-order valence-electron chi connectivity index (χ1n) is 8.18. The van der Waals surface area contributed by atoms with Gasteiger partial charge in [-0.3, -0.25) is 14.4 Å². The second-order valence-electron chi connectivity index (χ2n) is 6.44. The van der Waals surface area contributed by atoms with Crippen LogP contribution in [0.25, 0.3) is 0 Å². The third-order valence-electron chi connectivity index (χ3n) is 4.85. The quantitative estimate of drug-likeness (QED) is 0.590. The van der Waals surface area contributed by atoms with Crippen LogP contribution in [-0.2, 0) is 14.4 Å². The Balaban J connectivity index is 1.62. The van der Waals surface area contributed by atoms with Crippen LogP contribution in [0.4, 0.5) is 0 Å². The number of nitrogens with one attached hydrogen (secondary N) is 2. The van der Waals surface area contributed by atoms with Crippen molar-refractivity contribution in [3.8, 4) is 6.07 Å². The van der Waals surface area contributed by atoms with Gasteiger partial charge in [-0.15, -0.1) is 11.8 Å². The van der Waals surface area contributed by atoms with E-state index in [1.807, 2.05) is 6.07 Å². The molecule has 0 aromatic carbocycles. The van der Waals surface area contributed by atoms with Crippen molar-refractivity contribution in [2.24, 2.45) is 11.7 Å². The first kappa shape index (κ1) is 17.0. The Bertz CT molecular complexity index is 592. The number of nitriles is 1. The van der Waals surface area contributed by atoms with E-state index < -0.39 is 18.1 Å². The van der Waals surface area contributed by atoms with E-state index in [1.54, 1.807) is 16.7 Å². The van der Waals surface area contributed by atoms with Crippen molar-refractivity contribution < 1.29 is 14.4 Å². The molecule has 0 saturated carbocycles. The highest BCUT2D eigenvalue weighted by Crippen LogP contribution is 2.36. The molecule has 9 heteroatoms. The fourth-order valence-electron chi connectivity index (χ4n) is 3.49. The van der Waals surface area contributed by atoms with Gasteiger partial charge in [-0.25, -0.2) is 0 Å². The lowest BCUT2D eigenvalue weighted by Crippen LogP contribution is -2.58. The number of fused-ring (bicyclic) bond motifs is 1. The molecule has 3 saturated heterocycles. The first-order chi connectivity index (χ1) is 11.5. The van der Waals surface area contributed by atoms with Crippen molar-refractivity contribution in [3.05, 3.63) is 0 Å². The van der Waals surface area contributed by atoms with Gasteiger partial charge < -0.3 is 21.3 Å². The standard InChI is InChI=1S/C15H21N5O3S/c16-6-9(5-8-3-4-18-13(8)21)19-14(22)11-7-24-12-2-1-10(17)15(23)20(11)12/h8-12H,1-5,7,17H2,(H,18,21)(H,19,22). The zero-order valence-corrected chi connectivity index (χ0v) is 14.1. The van der Waals surface area contributed by atoms with Gasteiger partial charge in [-0.05, 0) is 25.7 Å². The van der Waals surface area contributed by atoms with E-state index in [0.29, 0.717) is 31.6 Å². The number of nitrogens with two attached hydrogens (primary N) is 1. The van der Waals surface area contributed by atoms with Crippen molar-refractivity contribution in [1.29, 1.82) is 5.26 Å². The molecule has 0 aromatic heterocycles. The number of nitrogens with zero attached hydrogens (tertiary/aromatic N) is 2. The van der Waals surface area contributed by atoms with Gasteiger partial charge in [0, 0.05) is 18.2 Å². The van der Waals surface area contributed by atoms with Gasteiger partial charge in [0.1, 0.15) is 12.1 Å². The summed E-state index contributed by atoms with van der Waals surface area (Å²) in [6.45, 7) is 0.608. The highest BCUT2D eigenvalue weighted by molar-refractivity contribution is 8.00. The van der Waals surface area contributed by atoms with Gasteiger partial charge in [0.15, 0.2) is 0 Å². The SMILES string of the molecule is N#CC(CC1CCNC1=O)NC(=O)C1CSC2CCC(N)C(=O)N21. The number of hydrogen-bond acceptors (Lipinski definition) is 6. The Morgan fingerprint density at radius 2 is 2.25 bits per heavy atom. The van der Waals surface area contributed by atoms with Crippen LogP contribution in [0.2, 0.25) is 0 Å². The summed E-state index contributed by atoms with van der Waals surface area (Å²) >= 11 is 1.58. The van der Waals surface area contributed by atoms with Crippen molar-refractivity contribution in [3.63, 3.8) is 0 Å². The summed E-state index contributed by atoms with van der Waals surface area (Å²) in [5, 5.41) is 14.7. The highest BCUT2D eigenvalue weighted by atomic mass is 32.2. The Labute approximate surface area is 144 Å². The fraction of sp³-hybridized carbons (Fsp3) is 0.733. The Morgan fingerprint density at radius 3 is 2.92 bits per heavy atom. The lowest BCUT2D eigenvalue weighted by Gasteiger charge is -2.35. The number of amides is 3. The number of thioether (sulfide) groups is 1. The van der Waals surface area contributed by atoms with Crippen molar-refractivity contribution >= 4 is 29.5 Å². The molecule has 8 nitrogen and oxygen atoms in total. The molecule has 3 heterocycles. The monoisotopic (exact) mass is 351 g/mol. The molecule has 3 amide bonds. The molecule has 3 aliphatic rings. The molecule has 130 valence electrons. The largest absolute Gasteiger partial charge is 0.356 e. The van der Waals surface area contributed by atoms with Crippen LogP contribution >= 0.6 is 11.8 Å². The lowest BCUT2D eigenvalue weighted by molar-refractivity contribution is -0.143. The molecule has 5 unspecified atom stereocenters. The molecule has 0 bridgehead atoms. The van der Waals surface area contributed by atoms with E-state index in [0.717, 1.165) is 6.42 Å². The number of carbonyl (C=O) groups is 3. The molecular weight excluding hydrogens is 330 g/mol. The van der Waals surface area contributed by atoms with Crippen molar-refractivity contribution in [2.75, 3.05) is 12.3 Å². The van der Waals surface area contributed by atoms with E-state index in [2.05, 4.69) is 10.6 Å². The Hall–Kier alpha value is -1.79. The van der Waals surface area contributed by atoms with Gasteiger partial charge in [-0.2, -0.15) is 5.26 Å². The summed E-state index contributed by atoms with van der Waals surface area (Å²) in [7, 11) is 0. The zero-order valence-electron chi connectivity index (χ0n) is 13.2. The van der Waals surface area contributed by atoms with Crippen molar-refractivity contribution in [2.45, 2.75) is 49.2 Å². The smallest absolute Gasteiger partial charge is 0.244 e. The van der Waals surface area contributed by atoms with Gasteiger partial charge in [-0.1, -0.05) is 0 Å². The molecule has 0 spiro atoms. The topological polar surface area (TPSA) is 128 Å². The van der Waals surface area contributed by atoms with Gasteiger partial charge in [0.25, 0.3) is 0 Å². The summed E-state index contributed by atoms with van der Waals surface area (Å²) < 4.78 is 0. The van der Waals surface area contributed by atoms with Crippen LogP contribution in [0.15, 0.2) is 0 Å². The molecule has 4 N–H and O–H groups in total. The molecule has 24 heavy (non-hydrogen) atoms. The molecule has 3 fully saturated rings. The van der Waals surface area contributed by atoms with Crippen LogP contribution in [0, 0.1) is 17.2 Å². The second kappa shape index (κ2) is 6.99. The second-order valence-corrected chi connectivity index (χ2v) is 7.65. The van der Waals surface area contributed by atoms with Gasteiger partial charge in [0.2, 0.25) is 17.7 Å². The molecule has 0 aromatic rings. The average Bonchev–Trinajstić information content (AvgIpc) is 3.17. The minimum atomic E-state index is -0.732.